The molecule has 1 aliphatic rings. The lowest BCUT2D eigenvalue weighted by molar-refractivity contribution is -0.115. The van der Waals surface area contributed by atoms with Crippen molar-refractivity contribution in [3.05, 3.63) is 48.7 Å². The Morgan fingerprint density at radius 3 is 3.00 bits per heavy atom. The van der Waals surface area contributed by atoms with Crippen molar-refractivity contribution in [2.75, 3.05) is 26.4 Å². The van der Waals surface area contributed by atoms with Gasteiger partial charge in [0.15, 0.2) is 0 Å². The monoisotopic (exact) mass is 329 g/mol. The number of ether oxygens (including phenoxy) is 2. The Kier molecular flexibility index (Phi) is 4.10. The van der Waals surface area contributed by atoms with Gasteiger partial charge in [-0.15, -0.1) is 0 Å². The van der Waals surface area contributed by atoms with Crippen LogP contribution in [0, 0.1) is 5.95 Å². The molecule has 0 amide bonds. The first-order valence-corrected chi connectivity index (χ1v) is 7.73. The van der Waals surface area contributed by atoms with Gasteiger partial charge in [-0.2, -0.15) is 9.12 Å². The van der Waals surface area contributed by atoms with Crippen LogP contribution in [0.2, 0.25) is 0 Å². The molecule has 1 aliphatic heterocycles. The molecule has 4 heterocycles. The lowest BCUT2D eigenvalue weighted by Gasteiger charge is -2.22. The van der Waals surface area contributed by atoms with Gasteiger partial charge in [0.2, 0.25) is 5.95 Å². The minimum atomic E-state index is -0.540. The molecule has 1 atom stereocenters. The highest BCUT2D eigenvalue weighted by Crippen LogP contribution is 2.27. The molecule has 0 bridgehead atoms. The molecule has 4 rings (SSSR count). The molecule has 1 fully saturated rings. The zero-order valence-electron chi connectivity index (χ0n) is 12.9. The van der Waals surface area contributed by atoms with Gasteiger partial charge < -0.3 is 14.3 Å². The quantitative estimate of drug-likeness (QED) is 0.686. The molecule has 1 saturated heterocycles. The van der Waals surface area contributed by atoms with Crippen LogP contribution in [0.15, 0.2) is 42.7 Å². The van der Waals surface area contributed by atoms with Gasteiger partial charge >= 0.3 is 0 Å². The molecule has 3 aromatic rings. The molecule has 6 nitrogen and oxygen atoms in total. The second kappa shape index (κ2) is 6.54. The fourth-order valence-corrected chi connectivity index (χ4v) is 2.66. The van der Waals surface area contributed by atoms with Crippen LogP contribution in [0.3, 0.4) is 0 Å². The van der Waals surface area contributed by atoms with E-state index >= 15 is 0 Å². The number of rotatable bonds is 4. The third kappa shape index (κ3) is 2.95. The van der Waals surface area contributed by atoms with Gasteiger partial charge in [0.1, 0.15) is 23.7 Å². The van der Waals surface area contributed by atoms with Crippen LogP contribution >= 0.6 is 0 Å². The maximum atomic E-state index is 13.6. The molecule has 0 saturated carbocycles. The average molecular weight is 329 g/mol. The topological polar surface area (TPSA) is 58.4 Å². The minimum absolute atomic E-state index is 0.122. The summed E-state index contributed by atoms with van der Waals surface area (Å²) in [4.78, 5) is 14.1. The van der Waals surface area contributed by atoms with Crippen molar-refractivity contribution in [1.29, 1.82) is 0 Å². The molecular formula is C17H16FN3O3. The Labute approximate surface area is 137 Å². The van der Waals surface area contributed by atoms with Gasteiger partial charge in [-0.3, -0.25) is 4.98 Å². The molecule has 3 aromatic heterocycles. The standard InChI is InChI=1S/C17H16FN3O3/c18-16-5-4-15-17(20-16)13(14-3-1-2-6-19-14)9-21(15)24-11-12-10-22-7-8-23-12/h1-6,9,12H,7-8,10-11H2/t12-/m0/s1. The van der Waals surface area contributed by atoms with Gasteiger partial charge in [0.25, 0.3) is 0 Å². The van der Waals surface area contributed by atoms with E-state index in [0.717, 1.165) is 0 Å². The number of hydrogen-bond acceptors (Lipinski definition) is 5. The molecule has 0 unspecified atom stereocenters. The Morgan fingerprint density at radius 2 is 2.21 bits per heavy atom. The summed E-state index contributed by atoms with van der Waals surface area (Å²) in [6.45, 7) is 2.00. The number of nitrogens with zero attached hydrogens (tertiary/aromatic N) is 3. The van der Waals surface area contributed by atoms with Crippen LogP contribution in [-0.2, 0) is 9.47 Å². The summed E-state index contributed by atoms with van der Waals surface area (Å²) >= 11 is 0. The maximum absolute atomic E-state index is 13.6. The number of aromatic nitrogens is 3. The molecule has 124 valence electrons. The minimum Gasteiger partial charge on any atom is -0.411 e. The van der Waals surface area contributed by atoms with Crippen LogP contribution in [0.4, 0.5) is 4.39 Å². The first-order chi connectivity index (χ1) is 11.8. The summed E-state index contributed by atoms with van der Waals surface area (Å²) in [7, 11) is 0. The predicted octanol–water partition coefficient (Wildman–Crippen LogP) is 2.08. The van der Waals surface area contributed by atoms with E-state index in [1.165, 1.54) is 6.07 Å². The van der Waals surface area contributed by atoms with E-state index in [2.05, 4.69) is 9.97 Å². The molecule has 24 heavy (non-hydrogen) atoms. The SMILES string of the molecule is Fc1ccc2c(n1)c(-c1ccccn1)cn2OC[C@@H]1COCCO1. The van der Waals surface area contributed by atoms with Crippen molar-refractivity contribution in [1.82, 2.24) is 14.7 Å². The van der Waals surface area contributed by atoms with Gasteiger partial charge in [-0.25, -0.2) is 4.98 Å². The molecule has 7 heteroatoms. The van der Waals surface area contributed by atoms with Gasteiger partial charge in [-0.1, -0.05) is 6.07 Å². The van der Waals surface area contributed by atoms with Gasteiger partial charge in [0.05, 0.1) is 31.7 Å². The fourth-order valence-electron chi connectivity index (χ4n) is 2.66. The molecular weight excluding hydrogens is 313 g/mol. The van der Waals surface area contributed by atoms with E-state index in [9.17, 15) is 4.39 Å². The van der Waals surface area contributed by atoms with E-state index in [1.54, 1.807) is 23.2 Å². The Morgan fingerprint density at radius 1 is 1.25 bits per heavy atom. The molecule has 0 radical (unpaired) electrons. The molecule has 0 aromatic carbocycles. The van der Waals surface area contributed by atoms with Crippen LogP contribution in [0.5, 0.6) is 0 Å². The molecule has 0 spiro atoms. The van der Waals surface area contributed by atoms with Gasteiger partial charge in [-0.05, 0) is 24.3 Å². The second-order valence-electron chi connectivity index (χ2n) is 5.45. The average Bonchev–Trinajstić information content (AvgIpc) is 2.99. The smallest absolute Gasteiger partial charge is 0.213 e. The van der Waals surface area contributed by atoms with E-state index in [1.807, 2.05) is 18.2 Å². The lowest BCUT2D eigenvalue weighted by atomic mass is 10.2. The fraction of sp³-hybridized carbons (Fsp3) is 0.294. The van der Waals surface area contributed by atoms with E-state index in [0.29, 0.717) is 48.7 Å². The van der Waals surface area contributed by atoms with E-state index in [-0.39, 0.29) is 6.10 Å². The number of pyridine rings is 2. The van der Waals surface area contributed by atoms with Crippen LogP contribution in [0.1, 0.15) is 0 Å². The van der Waals surface area contributed by atoms with Crippen molar-refractivity contribution in [3.8, 4) is 11.3 Å². The Balaban J connectivity index is 1.68. The molecule has 0 aliphatic carbocycles. The highest BCUT2D eigenvalue weighted by atomic mass is 19.1. The summed E-state index contributed by atoms with van der Waals surface area (Å²) < 4.78 is 26.1. The number of hydrogen-bond donors (Lipinski definition) is 0. The van der Waals surface area contributed by atoms with Gasteiger partial charge in [0, 0.05) is 11.8 Å². The van der Waals surface area contributed by atoms with Crippen molar-refractivity contribution in [2.45, 2.75) is 6.10 Å². The third-order valence-electron chi connectivity index (χ3n) is 3.80. The highest BCUT2D eigenvalue weighted by Gasteiger charge is 2.18. The molecule has 0 N–H and O–H groups in total. The van der Waals surface area contributed by atoms with Crippen LogP contribution in [-0.4, -0.2) is 47.2 Å². The third-order valence-corrected chi connectivity index (χ3v) is 3.80. The summed E-state index contributed by atoms with van der Waals surface area (Å²) in [5.74, 6) is -0.540. The number of fused-ring (bicyclic) bond motifs is 1. The Bertz CT molecular complexity index is 832. The summed E-state index contributed by atoms with van der Waals surface area (Å²) in [5, 5.41) is 0. The Hall–Kier alpha value is -2.51. The first kappa shape index (κ1) is 15.0. The summed E-state index contributed by atoms with van der Waals surface area (Å²) in [5.41, 5.74) is 2.61. The highest BCUT2D eigenvalue weighted by molar-refractivity contribution is 5.91. The first-order valence-electron chi connectivity index (χ1n) is 7.73. The largest absolute Gasteiger partial charge is 0.411 e. The van der Waals surface area contributed by atoms with E-state index in [4.69, 9.17) is 14.3 Å². The van der Waals surface area contributed by atoms with Crippen LogP contribution in [0.25, 0.3) is 22.3 Å². The zero-order valence-corrected chi connectivity index (χ0v) is 12.9. The summed E-state index contributed by atoms with van der Waals surface area (Å²) in [6, 6.07) is 8.50. The van der Waals surface area contributed by atoms with Crippen molar-refractivity contribution in [3.63, 3.8) is 0 Å². The lowest BCUT2D eigenvalue weighted by Crippen LogP contribution is -2.35. The van der Waals surface area contributed by atoms with Crippen molar-refractivity contribution in [2.24, 2.45) is 0 Å². The van der Waals surface area contributed by atoms with Crippen molar-refractivity contribution < 1.29 is 18.7 Å². The maximum Gasteiger partial charge on any atom is 0.213 e. The number of halogens is 1. The second-order valence-corrected chi connectivity index (χ2v) is 5.45. The van der Waals surface area contributed by atoms with Crippen molar-refractivity contribution >= 4 is 11.0 Å². The predicted molar refractivity (Wildman–Crippen MR) is 84.9 cm³/mol. The zero-order chi connectivity index (χ0) is 16.4. The summed E-state index contributed by atoms with van der Waals surface area (Å²) in [6.07, 6.45) is 3.33. The van der Waals surface area contributed by atoms with Crippen LogP contribution < -0.4 is 4.84 Å². The van der Waals surface area contributed by atoms with E-state index < -0.39 is 5.95 Å². The normalized spacial score (nSPS) is 18.0.